The fraction of sp³-hybridized carbons (Fsp3) is 0.500. The van der Waals surface area contributed by atoms with Crippen LogP contribution in [0.3, 0.4) is 0 Å². The van der Waals surface area contributed by atoms with E-state index in [1.165, 1.54) is 6.33 Å². The Kier molecular flexibility index (Phi) is 4.42. The van der Waals surface area contributed by atoms with Crippen molar-refractivity contribution in [3.8, 4) is 11.5 Å². The van der Waals surface area contributed by atoms with Crippen LogP contribution in [0, 0.1) is 12.8 Å². The van der Waals surface area contributed by atoms with Gasteiger partial charge in [0.1, 0.15) is 11.9 Å². The van der Waals surface area contributed by atoms with Crippen molar-refractivity contribution in [1.29, 1.82) is 0 Å². The first-order valence-corrected chi connectivity index (χ1v) is 10.3. The Balaban J connectivity index is 1.41. The molecular weight excluding hydrogens is 370 g/mol. The van der Waals surface area contributed by atoms with E-state index in [1.807, 2.05) is 24.0 Å². The molecule has 0 bridgehead atoms. The largest absolute Gasteiger partial charge is 0.504 e. The molecule has 2 saturated heterocycles. The quantitative estimate of drug-likeness (QED) is 0.799. The number of likely N-dealkylation sites (tertiary alicyclic amines) is 1. The number of fused-ring (bicyclic) bond motifs is 4. The summed E-state index contributed by atoms with van der Waals surface area (Å²) in [5.74, 6) is 0.894. The smallest absolute Gasteiger partial charge is 0.257 e. The molecule has 5 rings (SSSR count). The number of phenolic OH excluding ortho intramolecular Hbond substituents is 1. The highest BCUT2D eigenvalue weighted by Crippen LogP contribution is 2.55. The van der Waals surface area contributed by atoms with Gasteiger partial charge in [-0.25, -0.2) is 9.97 Å². The Labute approximate surface area is 169 Å². The normalized spacial score (nSPS) is 25.1. The van der Waals surface area contributed by atoms with Gasteiger partial charge < -0.3 is 19.5 Å². The molecule has 7 heteroatoms. The van der Waals surface area contributed by atoms with Crippen molar-refractivity contribution >= 4 is 5.91 Å². The van der Waals surface area contributed by atoms with Crippen LogP contribution in [0.5, 0.6) is 11.5 Å². The molecule has 0 aliphatic carbocycles. The predicted octanol–water partition coefficient (Wildman–Crippen LogP) is 3.03. The molecule has 1 N–H and O–H groups in total. The fourth-order valence-corrected chi connectivity index (χ4v) is 5.12. The van der Waals surface area contributed by atoms with E-state index in [0.717, 1.165) is 25.0 Å². The average Bonchev–Trinajstić information content (AvgIpc) is 2.75. The third kappa shape index (κ3) is 2.95. The molecule has 1 aromatic heterocycles. The van der Waals surface area contributed by atoms with Gasteiger partial charge in [0.15, 0.2) is 11.5 Å². The number of hydrogen-bond donors (Lipinski definition) is 1. The zero-order chi connectivity index (χ0) is 20.0. The van der Waals surface area contributed by atoms with Crippen LogP contribution in [0.15, 0.2) is 30.7 Å². The Morgan fingerprint density at radius 1 is 1.31 bits per heavy atom. The van der Waals surface area contributed by atoms with E-state index in [2.05, 4.69) is 9.97 Å². The van der Waals surface area contributed by atoms with Crippen molar-refractivity contribution < 1.29 is 19.4 Å². The van der Waals surface area contributed by atoms with E-state index < -0.39 is 5.60 Å². The molecule has 2 fully saturated rings. The van der Waals surface area contributed by atoms with Gasteiger partial charge in [-0.1, -0.05) is 12.1 Å². The van der Waals surface area contributed by atoms with Gasteiger partial charge in [-0.2, -0.15) is 0 Å². The number of amides is 1. The lowest BCUT2D eigenvalue weighted by molar-refractivity contribution is -0.147. The first-order chi connectivity index (χ1) is 14.1. The number of hydrogen-bond acceptors (Lipinski definition) is 6. The van der Waals surface area contributed by atoms with Gasteiger partial charge in [0.2, 0.25) is 0 Å². The molecule has 29 heavy (non-hydrogen) atoms. The van der Waals surface area contributed by atoms with Crippen molar-refractivity contribution in [2.45, 2.75) is 44.3 Å². The molecule has 0 unspecified atom stereocenters. The van der Waals surface area contributed by atoms with Gasteiger partial charge in [0.25, 0.3) is 5.91 Å². The number of aromatic hydroxyl groups is 1. The number of aryl methyl sites for hydroxylation is 1. The zero-order valence-corrected chi connectivity index (χ0v) is 16.5. The van der Waals surface area contributed by atoms with E-state index in [1.54, 1.807) is 12.3 Å². The van der Waals surface area contributed by atoms with Crippen LogP contribution in [0.1, 0.15) is 53.4 Å². The molecule has 3 aliphatic rings. The molecule has 2 aromatic rings. The zero-order valence-electron chi connectivity index (χ0n) is 16.5. The number of ether oxygens (including phenoxy) is 2. The second kappa shape index (κ2) is 6.99. The average molecular weight is 395 g/mol. The van der Waals surface area contributed by atoms with Crippen LogP contribution in [-0.2, 0) is 4.74 Å². The summed E-state index contributed by atoms with van der Waals surface area (Å²) in [7, 11) is 0. The van der Waals surface area contributed by atoms with Gasteiger partial charge in [0.05, 0.1) is 17.4 Å². The molecule has 7 nitrogen and oxygen atoms in total. The van der Waals surface area contributed by atoms with Gasteiger partial charge in [-0.3, -0.25) is 4.79 Å². The standard InChI is InChI=1S/C22H25N3O4/c1-14-16(12-23-13-24-14)21(27)25-9-7-22(8-10-25)17-5-3-11-28-19(17)15-4-2-6-18(26)20(15)29-22/h2,4,6,12-13,17,19,26H,3,5,7-11H2,1H3/t17-,19+/m0/s1. The fourth-order valence-electron chi connectivity index (χ4n) is 5.12. The highest BCUT2D eigenvalue weighted by Gasteiger charge is 2.53. The van der Waals surface area contributed by atoms with Crippen molar-refractivity contribution in [2.75, 3.05) is 19.7 Å². The third-order valence-corrected chi connectivity index (χ3v) is 6.67. The maximum Gasteiger partial charge on any atom is 0.257 e. The number of benzene rings is 1. The van der Waals surface area contributed by atoms with Crippen molar-refractivity contribution in [3.05, 3.63) is 47.5 Å². The number of rotatable bonds is 1. The number of carbonyl (C=O) groups excluding carboxylic acids is 1. The number of carbonyl (C=O) groups is 1. The minimum absolute atomic E-state index is 0.0338. The molecule has 152 valence electrons. The van der Waals surface area contributed by atoms with Crippen LogP contribution in [0.2, 0.25) is 0 Å². The Morgan fingerprint density at radius 2 is 2.14 bits per heavy atom. The Bertz CT molecular complexity index is 939. The lowest BCUT2D eigenvalue weighted by Crippen LogP contribution is -2.57. The molecule has 1 amide bonds. The predicted molar refractivity (Wildman–Crippen MR) is 105 cm³/mol. The summed E-state index contributed by atoms with van der Waals surface area (Å²) in [4.78, 5) is 23.0. The second-order valence-electron chi connectivity index (χ2n) is 8.22. The number of piperidine rings is 1. The van der Waals surface area contributed by atoms with Crippen molar-refractivity contribution in [3.63, 3.8) is 0 Å². The van der Waals surface area contributed by atoms with Crippen LogP contribution in [0.4, 0.5) is 0 Å². The van der Waals surface area contributed by atoms with Crippen LogP contribution in [-0.4, -0.2) is 51.2 Å². The highest BCUT2D eigenvalue weighted by atomic mass is 16.5. The summed E-state index contributed by atoms with van der Waals surface area (Å²) < 4.78 is 12.7. The van der Waals surface area contributed by atoms with Gasteiger partial charge in [-0.05, 0) is 25.8 Å². The second-order valence-corrected chi connectivity index (χ2v) is 8.22. The van der Waals surface area contributed by atoms with Gasteiger partial charge in [0, 0.05) is 50.2 Å². The SMILES string of the molecule is Cc1ncncc1C(=O)N1CCC2(CC1)Oc1c(O)cccc1[C@H]1OCCC[C@@H]12. The molecule has 3 aliphatic heterocycles. The lowest BCUT2D eigenvalue weighted by Gasteiger charge is -2.53. The first-order valence-electron chi connectivity index (χ1n) is 10.3. The van der Waals surface area contributed by atoms with E-state index in [0.29, 0.717) is 42.9 Å². The molecule has 2 atom stereocenters. The van der Waals surface area contributed by atoms with Crippen molar-refractivity contribution in [2.24, 2.45) is 5.92 Å². The van der Waals surface area contributed by atoms with Crippen LogP contribution in [0.25, 0.3) is 0 Å². The summed E-state index contributed by atoms with van der Waals surface area (Å²) in [6, 6.07) is 5.49. The maximum atomic E-state index is 13.0. The van der Waals surface area contributed by atoms with E-state index in [-0.39, 0.29) is 23.7 Å². The highest BCUT2D eigenvalue weighted by molar-refractivity contribution is 5.95. The molecular formula is C22H25N3O4. The Morgan fingerprint density at radius 3 is 2.93 bits per heavy atom. The van der Waals surface area contributed by atoms with Crippen molar-refractivity contribution in [1.82, 2.24) is 14.9 Å². The summed E-state index contributed by atoms with van der Waals surface area (Å²) in [6.45, 7) is 3.75. The lowest BCUT2D eigenvalue weighted by atomic mass is 9.70. The summed E-state index contributed by atoms with van der Waals surface area (Å²) in [6.07, 6.45) is 6.44. The monoisotopic (exact) mass is 395 g/mol. The van der Waals surface area contributed by atoms with E-state index in [4.69, 9.17) is 9.47 Å². The number of phenols is 1. The number of nitrogens with zero attached hydrogens (tertiary/aromatic N) is 3. The van der Waals surface area contributed by atoms with Gasteiger partial charge >= 0.3 is 0 Å². The summed E-state index contributed by atoms with van der Waals surface area (Å²) in [5.41, 5.74) is 1.76. The summed E-state index contributed by atoms with van der Waals surface area (Å²) >= 11 is 0. The third-order valence-electron chi connectivity index (χ3n) is 6.67. The molecule has 4 heterocycles. The minimum Gasteiger partial charge on any atom is -0.504 e. The summed E-state index contributed by atoms with van der Waals surface area (Å²) in [5, 5.41) is 10.4. The molecule has 1 aromatic carbocycles. The molecule has 0 radical (unpaired) electrons. The van der Waals surface area contributed by atoms with Crippen LogP contribution < -0.4 is 4.74 Å². The number of para-hydroxylation sites is 1. The van der Waals surface area contributed by atoms with Crippen LogP contribution >= 0.6 is 0 Å². The Hall–Kier alpha value is -2.67. The topological polar surface area (TPSA) is 84.8 Å². The first kappa shape index (κ1) is 18.4. The van der Waals surface area contributed by atoms with E-state index >= 15 is 0 Å². The molecule has 0 saturated carbocycles. The van der Waals surface area contributed by atoms with Gasteiger partial charge in [-0.15, -0.1) is 0 Å². The minimum atomic E-state index is -0.421. The van der Waals surface area contributed by atoms with E-state index in [9.17, 15) is 9.90 Å². The maximum absolute atomic E-state index is 13.0. The molecule has 1 spiro atoms. The number of aromatic nitrogens is 2.